The molecule has 0 unspecified atom stereocenters. The number of hydrogen-bond acceptors (Lipinski definition) is 4. The van der Waals surface area contributed by atoms with Crippen molar-refractivity contribution in [2.24, 2.45) is 11.8 Å². The third kappa shape index (κ3) is 2.34. The standard InChI is InChI=1S/C18H17N3O4/c1-19-17(24)12-8-21(9-13(12)18(19)25)16(23)10-20-7-6-15(22)11-4-2-3-5-14(11)20/h2-7,12-13H,8-10H2,1H3/t12-,13+. The van der Waals surface area contributed by atoms with Crippen molar-refractivity contribution >= 4 is 28.6 Å². The number of pyridine rings is 1. The fourth-order valence-electron chi connectivity index (χ4n) is 3.76. The number of fused-ring (bicyclic) bond motifs is 2. The van der Waals surface area contributed by atoms with Gasteiger partial charge in [-0.05, 0) is 12.1 Å². The molecule has 128 valence electrons. The molecule has 0 radical (unpaired) electrons. The number of aromatic nitrogens is 1. The Balaban J connectivity index is 1.57. The molecular formula is C18H17N3O4. The van der Waals surface area contributed by atoms with Crippen molar-refractivity contribution in [1.82, 2.24) is 14.4 Å². The number of amides is 3. The zero-order chi connectivity index (χ0) is 17.7. The van der Waals surface area contributed by atoms with Gasteiger partial charge < -0.3 is 9.47 Å². The van der Waals surface area contributed by atoms with Crippen LogP contribution in [0.1, 0.15) is 0 Å². The van der Waals surface area contributed by atoms with Crippen LogP contribution in [0.4, 0.5) is 0 Å². The summed E-state index contributed by atoms with van der Waals surface area (Å²) in [7, 11) is 1.49. The average molecular weight is 339 g/mol. The summed E-state index contributed by atoms with van der Waals surface area (Å²) in [6.07, 6.45) is 1.60. The minimum Gasteiger partial charge on any atom is -0.339 e. The van der Waals surface area contributed by atoms with Crippen molar-refractivity contribution in [3.8, 4) is 0 Å². The van der Waals surface area contributed by atoms with Crippen LogP contribution < -0.4 is 5.43 Å². The molecule has 2 aromatic rings. The SMILES string of the molecule is CN1C(=O)[C@H]2CN(C(=O)Cn3ccc(=O)c4ccccc43)C[C@H]2C1=O. The molecule has 1 aromatic carbocycles. The Morgan fingerprint density at radius 2 is 1.68 bits per heavy atom. The Morgan fingerprint density at radius 1 is 1.04 bits per heavy atom. The Morgan fingerprint density at radius 3 is 2.36 bits per heavy atom. The summed E-state index contributed by atoms with van der Waals surface area (Å²) >= 11 is 0. The van der Waals surface area contributed by atoms with E-state index in [1.807, 2.05) is 6.07 Å². The summed E-state index contributed by atoms with van der Waals surface area (Å²) in [6.45, 7) is 0.617. The number of imide groups is 1. The summed E-state index contributed by atoms with van der Waals surface area (Å²) in [5, 5.41) is 0.558. The van der Waals surface area contributed by atoms with E-state index in [4.69, 9.17) is 0 Å². The predicted octanol–water partition coefficient (Wildman–Crippen LogP) is 0.0747. The molecular weight excluding hydrogens is 322 g/mol. The third-order valence-electron chi connectivity index (χ3n) is 5.16. The quantitative estimate of drug-likeness (QED) is 0.726. The minimum absolute atomic E-state index is 0.0679. The fourth-order valence-corrected chi connectivity index (χ4v) is 3.76. The van der Waals surface area contributed by atoms with Gasteiger partial charge in [0.15, 0.2) is 5.43 Å². The lowest BCUT2D eigenvalue weighted by molar-refractivity contribution is -0.139. The minimum atomic E-state index is -0.424. The van der Waals surface area contributed by atoms with Gasteiger partial charge in [0, 0.05) is 37.8 Å². The second kappa shape index (κ2) is 5.54. The lowest BCUT2D eigenvalue weighted by Gasteiger charge is -2.20. The van der Waals surface area contributed by atoms with E-state index in [9.17, 15) is 19.2 Å². The molecule has 7 heteroatoms. The molecule has 0 bridgehead atoms. The first kappa shape index (κ1) is 15.6. The fraction of sp³-hybridized carbons (Fsp3) is 0.333. The molecule has 7 nitrogen and oxygen atoms in total. The van der Waals surface area contributed by atoms with Gasteiger partial charge in [-0.15, -0.1) is 0 Å². The second-order valence-corrected chi connectivity index (χ2v) is 6.57. The van der Waals surface area contributed by atoms with Gasteiger partial charge in [-0.3, -0.25) is 24.1 Å². The first-order valence-electron chi connectivity index (χ1n) is 8.15. The van der Waals surface area contributed by atoms with E-state index in [1.165, 1.54) is 13.1 Å². The van der Waals surface area contributed by atoms with Crippen molar-refractivity contribution in [2.45, 2.75) is 6.54 Å². The first-order valence-corrected chi connectivity index (χ1v) is 8.15. The molecule has 1 aromatic heterocycles. The topological polar surface area (TPSA) is 79.7 Å². The van der Waals surface area contributed by atoms with E-state index in [0.29, 0.717) is 10.9 Å². The maximum Gasteiger partial charge on any atom is 0.242 e. The maximum atomic E-state index is 12.7. The van der Waals surface area contributed by atoms with Crippen LogP contribution in [0.2, 0.25) is 0 Å². The number of rotatable bonds is 2. The van der Waals surface area contributed by atoms with Gasteiger partial charge in [-0.1, -0.05) is 12.1 Å². The zero-order valence-electron chi connectivity index (χ0n) is 13.7. The van der Waals surface area contributed by atoms with E-state index in [-0.39, 0.29) is 42.8 Å². The summed E-state index contributed by atoms with van der Waals surface area (Å²) in [5.74, 6) is -1.43. The molecule has 0 aliphatic carbocycles. The molecule has 2 fully saturated rings. The number of para-hydroxylation sites is 1. The maximum absolute atomic E-state index is 12.7. The second-order valence-electron chi connectivity index (χ2n) is 6.57. The summed E-state index contributed by atoms with van der Waals surface area (Å²) in [5.41, 5.74) is 0.601. The van der Waals surface area contributed by atoms with E-state index in [2.05, 4.69) is 0 Å². The Hall–Kier alpha value is -2.96. The molecule has 2 aliphatic heterocycles. The molecule has 2 atom stereocenters. The number of carbonyl (C=O) groups excluding carboxylic acids is 3. The van der Waals surface area contributed by atoms with E-state index in [1.54, 1.807) is 33.9 Å². The van der Waals surface area contributed by atoms with Gasteiger partial charge in [0.1, 0.15) is 6.54 Å². The molecule has 2 aliphatic rings. The number of benzene rings is 1. The molecule has 4 rings (SSSR count). The van der Waals surface area contributed by atoms with Gasteiger partial charge in [0.05, 0.1) is 17.4 Å². The normalized spacial score (nSPS) is 22.8. The van der Waals surface area contributed by atoms with Gasteiger partial charge in [0.25, 0.3) is 0 Å². The molecule has 0 N–H and O–H groups in total. The third-order valence-corrected chi connectivity index (χ3v) is 5.16. The molecule has 3 amide bonds. The van der Waals surface area contributed by atoms with Crippen molar-refractivity contribution in [2.75, 3.05) is 20.1 Å². The molecule has 25 heavy (non-hydrogen) atoms. The Labute approximate surface area is 143 Å². The van der Waals surface area contributed by atoms with Gasteiger partial charge >= 0.3 is 0 Å². The summed E-state index contributed by atoms with van der Waals surface area (Å²) in [4.78, 5) is 51.4. The van der Waals surface area contributed by atoms with Crippen LogP contribution in [0.3, 0.4) is 0 Å². The smallest absolute Gasteiger partial charge is 0.242 e. The van der Waals surface area contributed by atoms with Crippen molar-refractivity contribution < 1.29 is 14.4 Å². The van der Waals surface area contributed by atoms with Gasteiger partial charge in [0.2, 0.25) is 17.7 Å². The lowest BCUT2D eigenvalue weighted by Crippen LogP contribution is -2.37. The predicted molar refractivity (Wildman–Crippen MR) is 89.5 cm³/mol. The van der Waals surface area contributed by atoms with E-state index >= 15 is 0 Å². The van der Waals surface area contributed by atoms with Crippen molar-refractivity contribution in [3.05, 3.63) is 46.8 Å². The Kier molecular flexibility index (Phi) is 3.45. The van der Waals surface area contributed by atoms with Crippen LogP contribution in [0.5, 0.6) is 0 Å². The highest BCUT2D eigenvalue weighted by atomic mass is 16.2. The first-order chi connectivity index (χ1) is 12.0. The number of nitrogens with zero attached hydrogens (tertiary/aromatic N) is 3. The molecule has 2 saturated heterocycles. The van der Waals surface area contributed by atoms with Gasteiger partial charge in [-0.2, -0.15) is 0 Å². The number of carbonyl (C=O) groups is 3. The van der Waals surface area contributed by atoms with Crippen LogP contribution >= 0.6 is 0 Å². The zero-order valence-corrected chi connectivity index (χ0v) is 13.7. The summed E-state index contributed by atoms with van der Waals surface area (Å²) in [6, 6.07) is 8.56. The van der Waals surface area contributed by atoms with Crippen LogP contribution in [-0.4, -0.2) is 52.2 Å². The number of likely N-dealkylation sites (tertiary alicyclic amines) is 2. The average Bonchev–Trinajstić information content (AvgIpc) is 3.14. The summed E-state index contributed by atoms with van der Waals surface area (Å²) < 4.78 is 1.73. The highest BCUT2D eigenvalue weighted by Gasteiger charge is 2.51. The van der Waals surface area contributed by atoms with Crippen LogP contribution in [0, 0.1) is 11.8 Å². The largest absolute Gasteiger partial charge is 0.339 e. The van der Waals surface area contributed by atoms with E-state index < -0.39 is 11.8 Å². The Bertz CT molecular complexity index is 940. The van der Waals surface area contributed by atoms with Crippen LogP contribution in [0.15, 0.2) is 41.3 Å². The van der Waals surface area contributed by atoms with Crippen LogP contribution in [-0.2, 0) is 20.9 Å². The molecule has 3 heterocycles. The monoisotopic (exact) mass is 339 g/mol. The molecule has 0 saturated carbocycles. The highest BCUT2D eigenvalue weighted by Crippen LogP contribution is 2.32. The van der Waals surface area contributed by atoms with Gasteiger partial charge in [-0.25, -0.2) is 0 Å². The van der Waals surface area contributed by atoms with Crippen molar-refractivity contribution in [3.63, 3.8) is 0 Å². The van der Waals surface area contributed by atoms with E-state index in [0.717, 1.165) is 4.90 Å². The van der Waals surface area contributed by atoms with Crippen LogP contribution in [0.25, 0.3) is 10.9 Å². The lowest BCUT2D eigenvalue weighted by atomic mass is 10.00. The molecule has 0 spiro atoms. The van der Waals surface area contributed by atoms with Crippen molar-refractivity contribution in [1.29, 1.82) is 0 Å². The highest BCUT2D eigenvalue weighted by molar-refractivity contribution is 6.06. The number of hydrogen-bond donors (Lipinski definition) is 0.